The quantitative estimate of drug-likeness (QED) is 0.628. The molecule has 66 valence electrons. The normalized spacial score (nSPS) is 10.8. The van der Waals surface area contributed by atoms with Crippen LogP contribution in [0.5, 0.6) is 0 Å². The second-order valence-electron chi connectivity index (χ2n) is 3.22. The van der Waals surface area contributed by atoms with Crippen molar-refractivity contribution in [1.29, 1.82) is 0 Å². The highest BCUT2D eigenvalue weighted by Gasteiger charge is 2.10. The zero-order valence-electron chi connectivity index (χ0n) is 7.85. The Labute approximate surface area is 78.0 Å². The monoisotopic (exact) mass is 184 g/mol. The lowest BCUT2D eigenvalue weighted by Crippen LogP contribution is -2.01. The Kier molecular flexibility index (Phi) is 2.68. The summed E-state index contributed by atoms with van der Waals surface area (Å²) in [7, 11) is 0. The fourth-order valence-corrected chi connectivity index (χ4v) is 1.81. The Morgan fingerprint density at radius 1 is 1.17 bits per heavy atom. The maximum absolute atomic E-state index is 5.98. The Morgan fingerprint density at radius 3 is 2.17 bits per heavy atom. The molecule has 0 aliphatic heterocycles. The van der Waals surface area contributed by atoms with E-state index in [9.17, 15) is 0 Å². The Bertz CT molecular complexity index is 272. The summed E-state index contributed by atoms with van der Waals surface area (Å²) in [4.78, 5) is 8.37. The van der Waals surface area contributed by atoms with Gasteiger partial charge in [-0.2, -0.15) is 0 Å². The van der Waals surface area contributed by atoms with E-state index in [4.69, 9.17) is 11.6 Å². The lowest BCUT2D eigenvalue weighted by molar-refractivity contribution is 0.819. The van der Waals surface area contributed by atoms with Crippen molar-refractivity contribution in [2.24, 2.45) is 0 Å². The van der Waals surface area contributed by atoms with Crippen LogP contribution in [0.1, 0.15) is 36.8 Å². The zero-order valence-corrected chi connectivity index (χ0v) is 8.61. The molecule has 1 rings (SSSR count). The number of aryl methyl sites for hydroxylation is 2. The molecule has 0 radical (unpaired) electrons. The van der Waals surface area contributed by atoms with Crippen molar-refractivity contribution < 1.29 is 0 Å². The van der Waals surface area contributed by atoms with Crippen LogP contribution in [0.2, 0.25) is 5.15 Å². The van der Waals surface area contributed by atoms with Gasteiger partial charge in [-0.25, -0.2) is 9.97 Å². The first-order valence-corrected chi connectivity index (χ1v) is 4.40. The average Bonchev–Trinajstić information content (AvgIpc) is 1.82. The third-order valence-corrected chi connectivity index (χ3v) is 2.07. The maximum atomic E-state index is 5.98. The smallest absolute Gasteiger partial charge is 0.136 e. The first kappa shape index (κ1) is 9.46. The van der Waals surface area contributed by atoms with Crippen molar-refractivity contribution in [2.45, 2.75) is 33.6 Å². The van der Waals surface area contributed by atoms with Gasteiger partial charge in [0.1, 0.15) is 11.0 Å². The van der Waals surface area contributed by atoms with Crippen LogP contribution in [-0.2, 0) is 0 Å². The molecule has 12 heavy (non-hydrogen) atoms. The molecular formula is C9H13ClN2. The fourth-order valence-electron chi connectivity index (χ4n) is 1.34. The predicted molar refractivity (Wildman–Crippen MR) is 50.6 cm³/mol. The van der Waals surface area contributed by atoms with E-state index >= 15 is 0 Å². The molecule has 2 nitrogen and oxygen atoms in total. The standard InChI is InChI=1S/C9H13ClN2/c1-5(2)8-6(3)11-7(4)12-9(8)10/h5H,1-4H3. The van der Waals surface area contributed by atoms with E-state index in [-0.39, 0.29) is 0 Å². The molecule has 0 aliphatic rings. The van der Waals surface area contributed by atoms with Crippen LogP contribution in [-0.4, -0.2) is 9.97 Å². The summed E-state index contributed by atoms with van der Waals surface area (Å²) < 4.78 is 0. The van der Waals surface area contributed by atoms with Crippen LogP contribution >= 0.6 is 11.6 Å². The summed E-state index contributed by atoms with van der Waals surface area (Å²) in [5.41, 5.74) is 2.05. The van der Waals surface area contributed by atoms with E-state index in [1.54, 1.807) is 0 Å². The molecule has 0 saturated carbocycles. The van der Waals surface area contributed by atoms with Crippen molar-refractivity contribution in [3.05, 3.63) is 22.2 Å². The van der Waals surface area contributed by atoms with Gasteiger partial charge in [0.2, 0.25) is 0 Å². The van der Waals surface area contributed by atoms with Crippen molar-refractivity contribution in [3.63, 3.8) is 0 Å². The summed E-state index contributed by atoms with van der Waals surface area (Å²) in [6.07, 6.45) is 0. The van der Waals surface area contributed by atoms with Gasteiger partial charge < -0.3 is 0 Å². The van der Waals surface area contributed by atoms with Crippen LogP contribution in [0.3, 0.4) is 0 Å². The summed E-state index contributed by atoms with van der Waals surface area (Å²) in [5.74, 6) is 1.12. The Hall–Kier alpha value is -0.630. The van der Waals surface area contributed by atoms with Crippen LogP contribution in [0, 0.1) is 13.8 Å². The van der Waals surface area contributed by atoms with E-state index in [2.05, 4.69) is 23.8 Å². The molecule has 0 bridgehead atoms. The van der Waals surface area contributed by atoms with E-state index in [1.807, 2.05) is 13.8 Å². The molecule has 1 aromatic heterocycles. The molecule has 0 saturated heterocycles. The van der Waals surface area contributed by atoms with Gasteiger partial charge in [0, 0.05) is 11.3 Å². The molecule has 0 aromatic carbocycles. The minimum atomic E-state index is 0.387. The second kappa shape index (κ2) is 3.40. The van der Waals surface area contributed by atoms with Gasteiger partial charge >= 0.3 is 0 Å². The van der Waals surface area contributed by atoms with Crippen molar-refractivity contribution in [3.8, 4) is 0 Å². The molecule has 0 fully saturated rings. The van der Waals surface area contributed by atoms with Gasteiger partial charge in [-0.3, -0.25) is 0 Å². The highest BCUT2D eigenvalue weighted by molar-refractivity contribution is 6.30. The van der Waals surface area contributed by atoms with Gasteiger partial charge in [0.15, 0.2) is 0 Å². The lowest BCUT2D eigenvalue weighted by atomic mass is 10.0. The van der Waals surface area contributed by atoms with Gasteiger partial charge in [-0.15, -0.1) is 0 Å². The third-order valence-electron chi connectivity index (χ3n) is 1.78. The van der Waals surface area contributed by atoms with Crippen LogP contribution in [0.4, 0.5) is 0 Å². The Morgan fingerprint density at radius 2 is 1.75 bits per heavy atom. The maximum Gasteiger partial charge on any atom is 0.136 e. The van der Waals surface area contributed by atoms with Crippen molar-refractivity contribution in [1.82, 2.24) is 9.97 Å². The second-order valence-corrected chi connectivity index (χ2v) is 3.57. The molecule has 0 unspecified atom stereocenters. The molecular weight excluding hydrogens is 172 g/mol. The van der Waals surface area contributed by atoms with E-state index < -0.39 is 0 Å². The molecule has 0 spiro atoms. The van der Waals surface area contributed by atoms with Crippen molar-refractivity contribution in [2.75, 3.05) is 0 Å². The number of hydrogen-bond acceptors (Lipinski definition) is 2. The number of nitrogens with zero attached hydrogens (tertiary/aromatic N) is 2. The first-order valence-electron chi connectivity index (χ1n) is 4.03. The van der Waals surface area contributed by atoms with Crippen LogP contribution in [0.15, 0.2) is 0 Å². The highest BCUT2D eigenvalue weighted by atomic mass is 35.5. The van der Waals surface area contributed by atoms with E-state index in [0.29, 0.717) is 11.1 Å². The zero-order chi connectivity index (χ0) is 9.30. The number of rotatable bonds is 1. The van der Waals surface area contributed by atoms with E-state index in [0.717, 1.165) is 17.1 Å². The lowest BCUT2D eigenvalue weighted by Gasteiger charge is -2.10. The van der Waals surface area contributed by atoms with Crippen LogP contribution < -0.4 is 0 Å². The van der Waals surface area contributed by atoms with Gasteiger partial charge in [0.25, 0.3) is 0 Å². The third kappa shape index (κ3) is 1.75. The average molecular weight is 185 g/mol. The molecule has 0 amide bonds. The fraction of sp³-hybridized carbons (Fsp3) is 0.556. The number of aromatic nitrogens is 2. The Balaban J connectivity index is 3.28. The first-order chi connectivity index (χ1) is 5.52. The summed E-state index contributed by atoms with van der Waals surface area (Å²) >= 11 is 5.98. The van der Waals surface area contributed by atoms with E-state index in [1.165, 1.54) is 0 Å². The molecule has 0 N–H and O–H groups in total. The van der Waals surface area contributed by atoms with Crippen LogP contribution in [0.25, 0.3) is 0 Å². The predicted octanol–water partition coefficient (Wildman–Crippen LogP) is 2.87. The minimum absolute atomic E-state index is 0.387. The summed E-state index contributed by atoms with van der Waals surface area (Å²) in [6, 6.07) is 0. The molecule has 3 heteroatoms. The summed E-state index contributed by atoms with van der Waals surface area (Å²) in [5, 5.41) is 0.593. The number of hydrogen-bond donors (Lipinski definition) is 0. The largest absolute Gasteiger partial charge is 0.238 e. The molecule has 1 aromatic rings. The summed E-state index contributed by atoms with van der Waals surface area (Å²) in [6.45, 7) is 8.00. The van der Waals surface area contributed by atoms with Crippen molar-refractivity contribution >= 4 is 11.6 Å². The van der Waals surface area contributed by atoms with Gasteiger partial charge in [-0.05, 0) is 19.8 Å². The SMILES string of the molecule is Cc1nc(C)c(C(C)C)c(Cl)n1. The molecule has 0 atom stereocenters. The minimum Gasteiger partial charge on any atom is -0.238 e. The van der Waals surface area contributed by atoms with Gasteiger partial charge in [0.05, 0.1) is 0 Å². The highest BCUT2D eigenvalue weighted by Crippen LogP contribution is 2.24. The molecule has 0 aliphatic carbocycles. The molecule has 1 heterocycles. The van der Waals surface area contributed by atoms with Gasteiger partial charge in [-0.1, -0.05) is 25.4 Å². The topological polar surface area (TPSA) is 25.8 Å². The number of halogens is 1.